The highest BCUT2D eigenvalue weighted by atomic mass is 16.6. The molecule has 1 aromatic rings. The number of rotatable bonds is 1. The van der Waals surface area contributed by atoms with E-state index in [1.807, 2.05) is 6.07 Å². The lowest BCUT2D eigenvalue weighted by atomic mass is 10.3. The Hall–Kier alpha value is -1.31. The Kier molecular flexibility index (Phi) is 0.681. The summed E-state index contributed by atoms with van der Waals surface area (Å²) in [4.78, 5) is 3.91. The Balaban J connectivity index is 2.62. The third-order valence-corrected chi connectivity index (χ3v) is 1.28. The topological polar surface area (TPSA) is 25.4 Å². The lowest BCUT2D eigenvalue weighted by molar-refractivity contribution is 0.634. The van der Waals surface area contributed by atoms with E-state index in [4.69, 9.17) is 4.74 Å². The molecule has 0 amide bonds. The van der Waals surface area contributed by atoms with E-state index in [1.165, 1.54) is 0 Å². The van der Waals surface area contributed by atoms with Crippen LogP contribution >= 0.6 is 0 Å². The van der Waals surface area contributed by atoms with E-state index in [0.29, 0.717) is 0 Å². The van der Waals surface area contributed by atoms with Gasteiger partial charge in [0.25, 0.3) is 5.88 Å². The van der Waals surface area contributed by atoms with Crippen LogP contribution in [0, 0.1) is 0 Å². The van der Waals surface area contributed by atoms with Gasteiger partial charge in [0.1, 0.15) is 0 Å². The molecule has 0 aliphatic carbocycles. The van der Waals surface area contributed by atoms with E-state index >= 15 is 0 Å². The monoisotopic (exact) mass is 119 g/mol. The van der Waals surface area contributed by atoms with Gasteiger partial charge in [0, 0.05) is 11.8 Å². The van der Waals surface area contributed by atoms with Crippen LogP contribution in [-0.2, 0) is 0 Å². The number of fused-ring (bicyclic) bond motifs is 1. The van der Waals surface area contributed by atoms with E-state index in [9.17, 15) is 0 Å². The zero-order valence-corrected chi connectivity index (χ0v) is 4.79. The summed E-state index contributed by atoms with van der Waals surface area (Å²) in [7, 11) is 0. The van der Waals surface area contributed by atoms with E-state index < -0.39 is 0 Å². The molecule has 0 saturated heterocycles. The Morgan fingerprint density at radius 1 is 1.67 bits per heavy atom. The Labute approximate surface area is 52.8 Å². The van der Waals surface area contributed by atoms with Gasteiger partial charge in [-0.25, -0.2) is 4.98 Å². The van der Waals surface area contributed by atoms with Crippen molar-refractivity contribution in [1.29, 1.82) is 0 Å². The number of hydrogen-bond acceptors (Lipinski definition) is 2. The van der Waals surface area contributed by atoms with Crippen LogP contribution < -0.4 is 4.74 Å². The molecule has 44 valence electrons. The summed E-state index contributed by atoms with van der Waals surface area (Å²) in [6.07, 6.45) is 3.47. The van der Waals surface area contributed by atoms with Crippen LogP contribution in [0.4, 0.5) is 0 Å². The van der Waals surface area contributed by atoms with Gasteiger partial charge in [-0.3, -0.25) is 0 Å². The molecule has 0 atom stereocenters. The molecule has 1 aliphatic rings. The molecule has 0 N–H and O–H groups in total. The maximum atomic E-state index is 4.98. The molecule has 0 unspecified atom stereocenters. The van der Waals surface area contributed by atoms with Crippen LogP contribution in [0.15, 0.2) is 18.8 Å². The summed E-state index contributed by atoms with van der Waals surface area (Å²) in [6.45, 7) is 3.62. The normalized spacial score (nSPS) is 11.6. The molecule has 2 nitrogen and oxygen atoms in total. The van der Waals surface area contributed by atoms with Gasteiger partial charge in [-0.1, -0.05) is 12.7 Å². The van der Waals surface area contributed by atoms with Crippen molar-refractivity contribution in [3.05, 3.63) is 24.4 Å². The van der Waals surface area contributed by atoms with Gasteiger partial charge >= 0.3 is 0 Å². The molecule has 0 spiro atoms. The summed E-state index contributed by atoms with van der Waals surface area (Å²) >= 11 is 0. The quantitative estimate of drug-likeness (QED) is 0.535. The van der Waals surface area contributed by atoms with Gasteiger partial charge in [0.2, 0.25) is 0 Å². The van der Waals surface area contributed by atoms with E-state index in [1.54, 1.807) is 12.3 Å². The predicted octanol–water partition coefficient (Wildman–Crippen LogP) is 1.83. The molecule has 0 saturated carbocycles. The Morgan fingerprint density at radius 3 is 3.22 bits per heavy atom. The summed E-state index contributed by atoms with van der Waals surface area (Å²) in [5, 5.41) is 0. The minimum Gasteiger partial charge on any atom is -0.429 e. The molecule has 2 heterocycles. The third kappa shape index (κ3) is 0.528. The second kappa shape index (κ2) is 1.35. The maximum absolute atomic E-state index is 4.98. The van der Waals surface area contributed by atoms with Crippen LogP contribution in [-0.4, -0.2) is 4.98 Å². The minimum absolute atomic E-state index is 0.743. The number of ether oxygens (including phenoxy) is 1. The van der Waals surface area contributed by atoms with Crippen molar-refractivity contribution in [2.75, 3.05) is 0 Å². The molecule has 0 radical (unpaired) electrons. The molecule has 0 bridgehead atoms. The average Bonchev–Trinajstić information content (AvgIpc) is 2.64. The first-order valence-corrected chi connectivity index (χ1v) is 2.71. The summed E-state index contributed by atoms with van der Waals surface area (Å²) in [6, 6.07) is 1.87. The van der Waals surface area contributed by atoms with Gasteiger partial charge < -0.3 is 4.74 Å². The van der Waals surface area contributed by atoms with Crippen LogP contribution in [0.5, 0.6) is 11.6 Å². The van der Waals surface area contributed by atoms with E-state index in [2.05, 4.69) is 11.6 Å². The lowest BCUT2D eigenvalue weighted by Crippen LogP contribution is -1.61. The Morgan fingerprint density at radius 2 is 2.56 bits per heavy atom. The molecule has 2 heteroatoms. The van der Waals surface area contributed by atoms with Crippen LogP contribution in [0.3, 0.4) is 0 Å². The average molecular weight is 119 g/mol. The lowest BCUT2D eigenvalue weighted by Gasteiger charge is -1.79. The molecule has 0 aromatic carbocycles. The van der Waals surface area contributed by atoms with Gasteiger partial charge in [0.05, 0.1) is 0 Å². The van der Waals surface area contributed by atoms with Gasteiger partial charge in [-0.05, 0) is 6.07 Å². The van der Waals surface area contributed by atoms with Crippen molar-refractivity contribution in [1.82, 2.24) is 4.98 Å². The van der Waals surface area contributed by atoms with Crippen molar-refractivity contribution >= 4 is 6.08 Å². The summed E-state index contributed by atoms with van der Waals surface area (Å²) < 4.78 is 4.98. The first-order valence-electron chi connectivity index (χ1n) is 2.71. The fourth-order valence-corrected chi connectivity index (χ4v) is 0.760. The predicted molar refractivity (Wildman–Crippen MR) is 34.4 cm³/mol. The SMILES string of the molecule is C=Cc1ccnc2c1O2. The second-order valence-electron chi connectivity index (χ2n) is 1.84. The van der Waals surface area contributed by atoms with Crippen molar-refractivity contribution in [2.24, 2.45) is 0 Å². The molecule has 0 fully saturated rings. The minimum atomic E-state index is 0.743. The number of nitrogens with zero attached hydrogens (tertiary/aromatic N) is 1. The van der Waals surface area contributed by atoms with Crippen LogP contribution in [0.25, 0.3) is 6.08 Å². The summed E-state index contributed by atoms with van der Waals surface area (Å²) in [5.74, 6) is 1.62. The third-order valence-electron chi connectivity index (χ3n) is 1.28. The van der Waals surface area contributed by atoms with Crippen LogP contribution in [0.2, 0.25) is 0 Å². The highest BCUT2D eigenvalue weighted by Gasteiger charge is 2.23. The molecule has 9 heavy (non-hydrogen) atoms. The zero-order valence-electron chi connectivity index (χ0n) is 4.79. The zero-order chi connectivity index (χ0) is 6.27. The summed E-state index contributed by atoms with van der Waals surface area (Å²) in [5.41, 5.74) is 1.03. The first-order chi connectivity index (χ1) is 4.42. The molecule has 1 aliphatic heterocycles. The largest absolute Gasteiger partial charge is 0.429 e. The standard InChI is InChI=1S/C7H5NO/c1-2-5-3-4-8-7-6(5)9-7/h2-4H,1H2. The van der Waals surface area contributed by atoms with Crippen molar-refractivity contribution in [2.45, 2.75) is 0 Å². The fourth-order valence-electron chi connectivity index (χ4n) is 0.760. The fraction of sp³-hybridized carbons (Fsp3) is 0. The smallest absolute Gasteiger partial charge is 0.264 e. The number of hydrogen-bond donors (Lipinski definition) is 0. The molecule has 2 rings (SSSR count). The molecule has 1 aromatic heterocycles. The van der Waals surface area contributed by atoms with E-state index in [-0.39, 0.29) is 0 Å². The van der Waals surface area contributed by atoms with Crippen LogP contribution in [0.1, 0.15) is 5.56 Å². The molecular formula is C7H5NO. The first kappa shape index (κ1) is 4.56. The van der Waals surface area contributed by atoms with Gasteiger partial charge in [-0.15, -0.1) is 0 Å². The van der Waals surface area contributed by atoms with Gasteiger partial charge in [0.15, 0.2) is 5.75 Å². The number of aromatic nitrogens is 1. The van der Waals surface area contributed by atoms with Crippen molar-refractivity contribution in [3.63, 3.8) is 0 Å². The van der Waals surface area contributed by atoms with Gasteiger partial charge in [-0.2, -0.15) is 0 Å². The van der Waals surface area contributed by atoms with Crippen molar-refractivity contribution in [3.8, 4) is 11.6 Å². The van der Waals surface area contributed by atoms with E-state index in [0.717, 1.165) is 17.2 Å². The van der Waals surface area contributed by atoms with Crippen molar-refractivity contribution < 1.29 is 4.74 Å². The number of pyridine rings is 1. The molecular weight excluding hydrogens is 114 g/mol. The maximum Gasteiger partial charge on any atom is 0.264 e. The highest BCUT2D eigenvalue weighted by molar-refractivity contribution is 5.65. The second-order valence-corrected chi connectivity index (χ2v) is 1.84. The highest BCUT2D eigenvalue weighted by Crippen LogP contribution is 2.45. The Bertz CT molecular complexity index is 268.